The summed E-state index contributed by atoms with van der Waals surface area (Å²) in [6.45, 7) is 0. The second-order valence-corrected chi connectivity index (χ2v) is 5.90. The van der Waals surface area contributed by atoms with Crippen molar-refractivity contribution in [3.05, 3.63) is 90.5 Å². The minimum Gasteiger partial charge on any atom is -0.311 e. The number of aryl methyl sites for hydroxylation is 1. The Hall–Kier alpha value is -2.06. The Morgan fingerprint density at radius 2 is 1.05 bits per heavy atom. The van der Waals surface area contributed by atoms with Crippen molar-refractivity contribution in [3.63, 3.8) is 0 Å². The number of nitrogens with zero attached hydrogens (tertiary/aromatic N) is 1. The van der Waals surface area contributed by atoms with Crippen LogP contribution in [0.15, 0.2) is 84.9 Å². The first-order chi connectivity index (χ1) is 10.9. The van der Waals surface area contributed by atoms with E-state index in [1.165, 1.54) is 22.6 Å². The SMILES string of the molecule is BrCCc1ccc(N(c2ccccc2)c2ccccc2)cc1. The lowest BCUT2D eigenvalue weighted by Crippen LogP contribution is -2.09. The van der Waals surface area contributed by atoms with E-state index < -0.39 is 0 Å². The average Bonchev–Trinajstić information content (AvgIpc) is 2.59. The fourth-order valence-corrected chi connectivity index (χ4v) is 2.98. The summed E-state index contributed by atoms with van der Waals surface area (Å²) in [5, 5.41) is 0.993. The van der Waals surface area contributed by atoms with Gasteiger partial charge in [0.2, 0.25) is 0 Å². The maximum absolute atomic E-state index is 3.50. The standard InChI is InChI=1S/C20H18BrN/c21-16-15-17-11-13-20(14-12-17)22(18-7-3-1-4-8-18)19-9-5-2-6-10-19/h1-14H,15-16H2. The van der Waals surface area contributed by atoms with Crippen LogP contribution in [0, 0.1) is 0 Å². The first-order valence-corrected chi connectivity index (χ1v) is 8.56. The van der Waals surface area contributed by atoms with Gasteiger partial charge in [0.15, 0.2) is 0 Å². The van der Waals surface area contributed by atoms with E-state index >= 15 is 0 Å². The minimum atomic E-state index is 0.993. The number of alkyl halides is 1. The number of rotatable bonds is 5. The van der Waals surface area contributed by atoms with Gasteiger partial charge in [-0.05, 0) is 48.4 Å². The maximum atomic E-state index is 3.50. The largest absolute Gasteiger partial charge is 0.311 e. The highest BCUT2D eigenvalue weighted by Gasteiger charge is 2.11. The van der Waals surface area contributed by atoms with Crippen molar-refractivity contribution < 1.29 is 0 Å². The summed E-state index contributed by atoms with van der Waals surface area (Å²) in [6.07, 6.45) is 1.05. The predicted octanol–water partition coefficient (Wildman–Crippen LogP) is 6.09. The van der Waals surface area contributed by atoms with E-state index in [0.717, 1.165) is 11.8 Å². The number of hydrogen-bond donors (Lipinski definition) is 0. The molecule has 1 nitrogen and oxygen atoms in total. The van der Waals surface area contributed by atoms with Gasteiger partial charge in [-0.3, -0.25) is 0 Å². The highest BCUT2D eigenvalue weighted by molar-refractivity contribution is 9.09. The zero-order chi connectivity index (χ0) is 15.2. The van der Waals surface area contributed by atoms with Gasteiger partial charge >= 0.3 is 0 Å². The molecule has 0 atom stereocenters. The van der Waals surface area contributed by atoms with Gasteiger partial charge in [0.05, 0.1) is 0 Å². The molecule has 0 bridgehead atoms. The molecule has 0 fully saturated rings. The molecule has 0 N–H and O–H groups in total. The zero-order valence-corrected chi connectivity index (χ0v) is 13.9. The summed E-state index contributed by atoms with van der Waals surface area (Å²) in [6, 6.07) is 29.7. The Bertz CT molecular complexity index is 653. The topological polar surface area (TPSA) is 3.24 Å². The predicted molar refractivity (Wildman–Crippen MR) is 98.6 cm³/mol. The molecule has 3 aromatic carbocycles. The van der Waals surface area contributed by atoms with Crippen LogP contribution in [0.1, 0.15) is 5.56 Å². The van der Waals surface area contributed by atoms with Crippen molar-refractivity contribution in [3.8, 4) is 0 Å². The summed E-state index contributed by atoms with van der Waals surface area (Å²) in [5.74, 6) is 0. The number of hydrogen-bond acceptors (Lipinski definition) is 1. The van der Waals surface area contributed by atoms with Gasteiger partial charge in [0.25, 0.3) is 0 Å². The summed E-state index contributed by atoms with van der Waals surface area (Å²) in [7, 11) is 0. The van der Waals surface area contributed by atoms with E-state index in [2.05, 4.69) is 93.6 Å². The van der Waals surface area contributed by atoms with Gasteiger partial charge in [0.1, 0.15) is 0 Å². The quantitative estimate of drug-likeness (QED) is 0.502. The van der Waals surface area contributed by atoms with Crippen molar-refractivity contribution in [1.82, 2.24) is 0 Å². The second kappa shape index (κ2) is 7.28. The lowest BCUT2D eigenvalue weighted by atomic mass is 10.1. The second-order valence-electron chi connectivity index (χ2n) is 5.11. The summed E-state index contributed by atoms with van der Waals surface area (Å²) in [4.78, 5) is 2.28. The third-order valence-corrected chi connectivity index (χ3v) is 4.00. The van der Waals surface area contributed by atoms with Crippen LogP contribution in [-0.2, 0) is 6.42 Å². The van der Waals surface area contributed by atoms with E-state index in [1.807, 2.05) is 12.1 Å². The van der Waals surface area contributed by atoms with E-state index in [0.29, 0.717) is 0 Å². The first kappa shape index (κ1) is 14.9. The van der Waals surface area contributed by atoms with Gasteiger partial charge in [-0.25, -0.2) is 0 Å². The monoisotopic (exact) mass is 351 g/mol. The molecule has 3 aromatic rings. The molecule has 0 amide bonds. The molecule has 0 saturated heterocycles. The normalized spacial score (nSPS) is 10.4. The van der Waals surface area contributed by atoms with Gasteiger partial charge in [-0.2, -0.15) is 0 Å². The first-order valence-electron chi connectivity index (χ1n) is 7.43. The average molecular weight is 352 g/mol. The maximum Gasteiger partial charge on any atom is 0.0461 e. The van der Waals surface area contributed by atoms with Crippen LogP contribution < -0.4 is 4.90 Å². The van der Waals surface area contributed by atoms with Crippen LogP contribution >= 0.6 is 15.9 Å². The van der Waals surface area contributed by atoms with Crippen molar-refractivity contribution in [2.45, 2.75) is 6.42 Å². The minimum absolute atomic E-state index is 0.993. The van der Waals surface area contributed by atoms with Gasteiger partial charge in [0, 0.05) is 22.4 Å². The van der Waals surface area contributed by atoms with Crippen LogP contribution in [0.2, 0.25) is 0 Å². The molecule has 110 valence electrons. The Morgan fingerprint density at radius 1 is 0.591 bits per heavy atom. The lowest BCUT2D eigenvalue weighted by molar-refractivity contribution is 1.16. The Kier molecular flexibility index (Phi) is 4.92. The molecule has 0 radical (unpaired) electrons. The summed E-state index contributed by atoms with van der Waals surface area (Å²) < 4.78 is 0. The molecule has 0 saturated carbocycles. The van der Waals surface area contributed by atoms with E-state index in [1.54, 1.807) is 0 Å². The highest BCUT2D eigenvalue weighted by atomic mass is 79.9. The Labute approximate surface area is 140 Å². The summed E-state index contributed by atoms with van der Waals surface area (Å²) in [5.41, 5.74) is 4.86. The van der Waals surface area contributed by atoms with Crippen LogP contribution in [0.5, 0.6) is 0 Å². The van der Waals surface area contributed by atoms with Crippen LogP contribution in [0.4, 0.5) is 17.1 Å². The molecular formula is C20H18BrN. The molecule has 0 unspecified atom stereocenters. The van der Waals surface area contributed by atoms with Gasteiger partial charge in [-0.15, -0.1) is 0 Å². The smallest absolute Gasteiger partial charge is 0.0461 e. The molecule has 0 heterocycles. The Balaban J connectivity index is 2.02. The molecule has 22 heavy (non-hydrogen) atoms. The third kappa shape index (κ3) is 3.40. The molecule has 2 heteroatoms. The molecular weight excluding hydrogens is 334 g/mol. The number of para-hydroxylation sites is 2. The highest BCUT2D eigenvalue weighted by Crippen LogP contribution is 2.33. The van der Waals surface area contributed by atoms with E-state index in [9.17, 15) is 0 Å². The molecule has 3 rings (SSSR count). The van der Waals surface area contributed by atoms with Crippen LogP contribution in [0.3, 0.4) is 0 Å². The van der Waals surface area contributed by atoms with Gasteiger partial charge in [-0.1, -0.05) is 64.5 Å². The number of anilines is 3. The Morgan fingerprint density at radius 3 is 1.50 bits per heavy atom. The van der Waals surface area contributed by atoms with Crippen molar-refractivity contribution in [2.75, 3.05) is 10.2 Å². The fourth-order valence-electron chi connectivity index (χ4n) is 2.52. The number of halogens is 1. The van der Waals surface area contributed by atoms with Crippen LogP contribution in [0.25, 0.3) is 0 Å². The van der Waals surface area contributed by atoms with Crippen molar-refractivity contribution >= 4 is 33.0 Å². The molecule has 0 aliphatic rings. The summed E-state index contributed by atoms with van der Waals surface area (Å²) >= 11 is 3.50. The lowest BCUT2D eigenvalue weighted by Gasteiger charge is -2.25. The van der Waals surface area contributed by atoms with E-state index in [4.69, 9.17) is 0 Å². The molecule has 0 aromatic heterocycles. The van der Waals surface area contributed by atoms with Crippen molar-refractivity contribution in [2.24, 2.45) is 0 Å². The molecule has 0 spiro atoms. The number of benzene rings is 3. The van der Waals surface area contributed by atoms with Crippen LogP contribution in [-0.4, -0.2) is 5.33 Å². The zero-order valence-electron chi connectivity index (χ0n) is 12.3. The molecule has 0 aliphatic heterocycles. The van der Waals surface area contributed by atoms with E-state index in [-0.39, 0.29) is 0 Å². The molecule has 0 aliphatic carbocycles. The third-order valence-electron chi connectivity index (χ3n) is 3.61. The fraction of sp³-hybridized carbons (Fsp3) is 0.100. The van der Waals surface area contributed by atoms with Gasteiger partial charge < -0.3 is 4.90 Å². The van der Waals surface area contributed by atoms with Crippen molar-refractivity contribution in [1.29, 1.82) is 0 Å².